The minimum Gasteiger partial charge on any atom is -0.383 e. The number of hydrogen-bond acceptors (Lipinski definition) is 7. The number of nitrogens with two attached hydrogens (primary N) is 1. The Morgan fingerprint density at radius 2 is 2.24 bits per heavy atom. The highest BCUT2D eigenvalue weighted by atomic mass is 32.2. The first-order valence-corrected chi connectivity index (χ1v) is 9.62. The summed E-state index contributed by atoms with van der Waals surface area (Å²) in [5.74, 6) is 0.364. The van der Waals surface area contributed by atoms with Gasteiger partial charge in [-0.3, -0.25) is 10.1 Å². The average molecular weight is 372 g/mol. The molecule has 0 aromatic heterocycles. The topological polar surface area (TPSA) is 128 Å². The minimum atomic E-state index is -3.98. The first-order chi connectivity index (χ1) is 11.8. The predicted molar refractivity (Wildman–Crippen MR) is 94.0 cm³/mol. The highest BCUT2D eigenvalue weighted by Crippen LogP contribution is 2.28. The van der Waals surface area contributed by atoms with Crippen molar-refractivity contribution in [2.75, 3.05) is 45.2 Å². The Labute approximate surface area is 147 Å². The number of nitrogens with one attached hydrogen (secondary N) is 1. The van der Waals surface area contributed by atoms with Gasteiger partial charge in [0.05, 0.1) is 16.4 Å². The van der Waals surface area contributed by atoms with Crippen LogP contribution in [0.5, 0.6) is 0 Å². The number of likely N-dealkylation sites (tertiary alicyclic amines) is 1. The van der Waals surface area contributed by atoms with Crippen LogP contribution in [0.2, 0.25) is 0 Å². The molecule has 25 heavy (non-hydrogen) atoms. The Morgan fingerprint density at radius 1 is 1.48 bits per heavy atom. The van der Waals surface area contributed by atoms with Crippen LogP contribution in [0.1, 0.15) is 12.8 Å². The van der Waals surface area contributed by atoms with E-state index >= 15 is 0 Å². The van der Waals surface area contributed by atoms with E-state index < -0.39 is 14.9 Å². The molecule has 140 valence electrons. The summed E-state index contributed by atoms with van der Waals surface area (Å²) in [6.07, 6.45) is 2.11. The zero-order chi connectivity index (χ0) is 18.4. The Balaban J connectivity index is 2.03. The van der Waals surface area contributed by atoms with Crippen LogP contribution in [-0.4, -0.2) is 58.1 Å². The molecule has 1 fully saturated rings. The molecule has 0 radical (unpaired) electrons. The van der Waals surface area contributed by atoms with Gasteiger partial charge in [0.1, 0.15) is 5.69 Å². The van der Waals surface area contributed by atoms with Crippen molar-refractivity contribution < 1.29 is 18.1 Å². The van der Waals surface area contributed by atoms with E-state index in [1.165, 1.54) is 12.1 Å². The molecule has 1 aromatic carbocycles. The van der Waals surface area contributed by atoms with Gasteiger partial charge >= 0.3 is 0 Å². The largest absolute Gasteiger partial charge is 0.383 e. The monoisotopic (exact) mass is 372 g/mol. The fourth-order valence-corrected chi connectivity index (χ4v) is 3.52. The number of sulfonamides is 1. The van der Waals surface area contributed by atoms with E-state index in [-0.39, 0.29) is 10.6 Å². The lowest BCUT2D eigenvalue weighted by molar-refractivity contribution is -0.384. The molecule has 1 aliphatic heterocycles. The molecule has 1 aliphatic rings. The number of hydrogen-bond donors (Lipinski definition) is 2. The lowest BCUT2D eigenvalue weighted by Crippen LogP contribution is -2.39. The number of anilines is 1. The van der Waals surface area contributed by atoms with Crippen molar-refractivity contribution in [3.05, 3.63) is 28.3 Å². The maximum atomic E-state index is 11.4. The van der Waals surface area contributed by atoms with E-state index in [9.17, 15) is 18.5 Å². The van der Waals surface area contributed by atoms with Gasteiger partial charge in [-0.2, -0.15) is 0 Å². The van der Waals surface area contributed by atoms with Crippen LogP contribution in [0.25, 0.3) is 0 Å². The summed E-state index contributed by atoms with van der Waals surface area (Å²) in [5, 5.41) is 19.3. The van der Waals surface area contributed by atoms with Crippen LogP contribution in [0.4, 0.5) is 11.4 Å². The summed E-state index contributed by atoms with van der Waals surface area (Å²) < 4.78 is 27.8. The predicted octanol–water partition coefficient (Wildman–Crippen LogP) is 1.01. The zero-order valence-corrected chi connectivity index (χ0v) is 15.0. The molecular formula is C15H24N4O5S. The molecular weight excluding hydrogens is 348 g/mol. The fraction of sp³-hybridized carbons (Fsp3) is 0.600. The lowest BCUT2D eigenvalue weighted by Gasteiger charge is -2.32. The SMILES string of the molecule is COCCN1CCC[C@H](CNc2ccc(S(N)(=O)=O)cc2[N+](=O)[O-])C1. The Morgan fingerprint density at radius 3 is 2.88 bits per heavy atom. The van der Waals surface area contributed by atoms with Gasteiger partial charge in [-0.1, -0.05) is 0 Å². The van der Waals surface area contributed by atoms with Crippen LogP contribution in [0, 0.1) is 16.0 Å². The summed E-state index contributed by atoms with van der Waals surface area (Å²) in [6.45, 7) is 4.07. The van der Waals surface area contributed by atoms with E-state index in [0.717, 1.165) is 38.5 Å². The van der Waals surface area contributed by atoms with Crippen LogP contribution in [0.3, 0.4) is 0 Å². The molecule has 1 atom stereocenters. The minimum absolute atomic E-state index is 0.270. The van der Waals surface area contributed by atoms with Gasteiger partial charge in [-0.05, 0) is 37.4 Å². The van der Waals surface area contributed by atoms with Crippen LogP contribution >= 0.6 is 0 Å². The highest BCUT2D eigenvalue weighted by Gasteiger charge is 2.22. The van der Waals surface area contributed by atoms with Crippen molar-refractivity contribution in [3.63, 3.8) is 0 Å². The Kier molecular flexibility index (Phi) is 6.71. The molecule has 2 rings (SSSR count). The maximum Gasteiger partial charge on any atom is 0.293 e. The van der Waals surface area contributed by atoms with Crippen molar-refractivity contribution in [3.8, 4) is 0 Å². The van der Waals surface area contributed by atoms with E-state index in [1.807, 2.05) is 0 Å². The lowest BCUT2D eigenvalue weighted by atomic mass is 9.98. The fourth-order valence-electron chi connectivity index (χ4n) is 2.98. The number of nitrogens with zero attached hydrogens (tertiary/aromatic N) is 2. The van der Waals surface area contributed by atoms with Crippen molar-refractivity contribution in [2.45, 2.75) is 17.7 Å². The molecule has 9 nitrogen and oxygen atoms in total. The zero-order valence-electron chi connectivity index (χ0n) is 14.2. The molecule has 0 aliphatic carbocycles. The first kappa shape index (κ1) is 19.6. The second-order valence-corrected chi connectivity index (χ2v) is 7.73. The van der Waals surface area contributed by atoms with Gasteiger partial charge in [0, 0.05) is 32.8 Å². The van der Waals surface area contributed by atoms with Crippen LogP contribution < -0.4 is 10.5 Å². The van der Waals surface area contributed by atoms with Gasteiger partial charge in [0.15, 0.2) is 0 Å². The molecule has 0 unspecified atom stereocenters. The third kappa shape index (κ3) is 5.63. The van der Waals surface area contributed by atoms with Gasteiger partial charge < -0.3 is 15.0 Å². The summed E-state index contributed by atoms with van der Waals surface area (Å²) in [6, 6.07) is 3.66. The average Bonchev–Trinajstić information content (AvgIpc) is 2.57. The summed E-state index contributed by atoms with van der Waals surface area (Å²) >= 11 is 0. The van der Waals surface area contributed by atoms with E-state index in [1.54, 1.807) is 7.11 Å². The summed E-state index contributed by atoms with van der Waals surface area (Å²) in [4.78, 5) is 12.7. The molecule has 1 heterocycles. The smallest absolute Gasteiger partial charge is 0.293 e. The Bertz CT molecular complexity index is 710. The van der Waals surface area contributed by atoms with Crippen molar-refractivity contribution in [1.29, 1.82) is 0 Å². The standard InChI is InChI=1S/C15H24N4O5S/c1-24-8-7-18-6-2-3-12(11-18)10-17-14-5-4-13(25(16,22)23)9-15(14)19(20)21/h4-5,9,12,17H,2-3,6-8,10-11H2,1H3,(H2,16,22,23)/t12-/m1/s1. The highest BCUT2D eigenvalue weighted by molar-refractivity contribution is 7.89. The quantitative estimate of drug-likeness (QED) is 0.515. The second kappa shape index (κ2) is 8.56. The maximum absolute atomic E-state index is 11.4. The molecule has 1 saturated heterocycles. The van der Waals surface area contributed by atoms with Crippen LogP contribution in [0.15, 0.2) is 23.1 Å². The summed E-state index contributed by atoms with van der Waals surface area (Å²) in [5.41, 5.74) is 0.00462. The molecule has 10 heteroatoms. The van der Waals surface area contributed by atoms with E-state index in [2.05, 4.69) is 10.2 Å². The number of rotatable bonds is 8. The normalized spacial score (nSPS) is 18.9. The van der Waals surface area contributed by atoms with Crippen molar-refractivity contribution in [1.82, 2.24) is 4.90 Å². The third-order valence-electron chi connectivity index (χ3n) is 4.29. The van der Waals surface area contributed by atoms with E-state index in [4.69, 9.17) is 9.88 Å². The number of nitro benzene ring substituents is 1. The molecule has 0 bridgehead atoms. The Hall–Kier alpha value is -1.75. The summed E-state index contributed by atoms with van der Waals surface area (Å²) in [7, 11) is -2.30. The molecule has 3 N–H and O–H groups in total. The van der Waals surface area contributed by atoms with Crippen molar-refractivity contribution in [2.24, 2.45) is 11.1 Å². The van der Waals surface area contributed by atoms with Gasteiger partial charge in [0.2, 0.25) is 10.0 Å². The third-order valence-corrected chi connectivity index (χ3v) is 5.20. The van der Waals surface area contributed by atoms with Gasteiger partial charge in [-0.25, -0.2) is 13.6 Å². The molecule has 0 saturated carbocycles. The van der Waals surface area contributed by atoms with Gasteiger partial charge in [0.25, 0.3) is 5.69 Å². The number of primary sulfonamides is 1. The molecule has 0 spiro atoms. The number of nitro groups is 1. The van der Waals surface area contributed by atoms with Gasteiger partial charge in [-0.15, -0.1) is 0 Å². The van der Waals surface area contributed by atoms with Crippen LogP contribution in [-0.2, 0) is 14.8 Å². The number of methoxy groups -OCH3 is 1. The van der Waals surface area contributed by atoms with E-state index in [0.29, 0.717) is 24.8 Å². The number of ether oxygens (including phenoxy) is 1. The number of benzene rings is 1. The second-order valence-electron chi connectivity index (χ2n) is 6.16. The van der Waals surface area contributed by atoms with Crippen molar-refractivity contribution >= 4 is 21.4 Å². The molecule has 1 aromatic rings. The first-order valence-electron chi connectivity index (χ1n) is 8.07. The number of piperidine rings is 1. The molecule has 0 amide bonds.